The number of aromatic nitrogens is 1. The van der Waals surface area contributed by atoms with Crippen LogP contribution in [0.5, 0.6) is 0 Å². The van der Waals surface area contributed by atoms with Crippen LogP contribution in [0.1, 0.15) is 23.6 Å². The summed E-state index contributed by atoms with van der Waals surface area (Å²) < 4.78 is 70.1. The zero-order valence-electron chi connectivity index (χ0n) is 20.2. The number of fused-ring (bicyclic) bond motifs is 1. The summed E-state index contributed by atoms with van der Waals surface area (Å²) in [5.74, 6) is -0.610. The van der Waals surface area contributed by atoms with Crippen LogP contribution in [-0.4, -0.2) is 67.6 Å². The molecule has 0 aliphatic carbocycles. The molecule has 0 fully saturated rings. The Morgan fingerprint density at radius 1 is 1.06 bits per heavy atom. The summed E-state index contributed by atoms with van der Waals surface area (Å²) in [6.07, 6.45) is -2.12. The Balaban J connectivity index is 1.83. The van der Waals surface area contributed by atoms with Crippen molar-refractivity contribution in [1.82, 2.24) is 14.2 Å². The second-order valence-electron chi connectivity index (χ2n) is 8.35. The minimum Gasteiger partial charge on any atom is -0.383 e. The van der Waals surface area contributed by atoms with Crippen molar-refractivity contribution < 1.29 is 31.1 Å². The smallest absolute Gasteiger partial charge is 0.383 e. The standard InChI is InChI=1S/C25H30F3N3O4S/c1-3-36(33,34)31(14-15-35-2)18-24(32)30(17-19-8-10-21(11-9-19)25(26,27)28)13-12-20-16-29-23-7-5-4-6-22(20)23/h4-11,16,29H,3,12-15,17-18H2,1-2H3. The Kier molecular flexibility index (Phi) is 9.15. The predicted molar refractivity (Wildman–Crippen MR) is 132 cm³/mol. The molecule has 11 heteroatoms. The molecule has 0 aliphatic heterocycles. The van der Waals surface area contributed by atoms with Gasteiger partial charge >= 0.3 is 6.18 Å². The first kappa shape index (κ1) is 27.7. The van der Waals surface area contributed by atoms with E-state index >= 15 is 0 Å². The molecule has 196 valence electrons. The lowest BCUT2D eigenvalue weighted by Gasteiger charge is -2.27. The molecular formula is C25H30F3N3O4S. The van der Waals surface area contributed by atoms with Crippen LogP contribution in [0.3, 0.4) is 0 Å². The highest BCUT2D eigenvalue weighted by Gasteiger charge is 2.30. The minimum absolute atomic E-state index is 0.0228. The highest BCUT2D eigenvalue weighted by Crippen LogP contribution is 2.29. The fourth-order valence-electron chi connectivity index (χ4n) is 3.85. The van der Waals surface area contributed by atoms with Crippen LogP contribution in [0.15, 0.2) is 54.7 Å². The lowest BCUT2D eigenvalue weighted by atomic mass is 10.1. The number of nitrogens with zero attached hydrogens (tertiary/aromatic N) is 2. The summed E-state index contributed by atoms with van der Waals surface area (Å²) in [6, 6.07) is 12.3. The van der Waals surface area contributed by atoms with Gasteiger partial charge in [0.05, 0.1) is 24.5 Å². The SMILES string of the molecule is CCS(=O)(=O)N(CCOC)CC(=O)N(CCc1c[nH]c2ccccc12)Cc1ccc(C(F)(F)F)cc1. The van der Waals surface area contributed by atoms with Gasteiger partial charge in [-0.2, -0.15) is 17.5 Å². The molecule has 1 amide bonds. The molecule has 1 N–H and O–H groups in total. The van der Waals surface area contributed by atoms with Crippen molar-refractivity contribution in [3.05, 3.63) is 71.4 Å². The van der Waals surface area contributed by atoms with Gasteiger partial charge in [0.25, 0.3) is 0 Å². The van der Waals surface area contributed by atoms with Crippen molar-refractivity contribution >= 4 is 26.8 Å². The molecule has 1 heterocycles. The average molecular weight is 526 g/mol. The van der Waals surface area contributed by atoms with Crippen LogP contribution in [0, 0.1) is 0 Å². The van der Waals surface area contributed by atoms with Gasteiger partial charge in [0.1, 0.15) is 0 Å². The van der Waals surface area contributed by atoms with E-state index in [2.05, 4.69) is 4.98 Å². The molecule has 3 aromatic rings. The van der Waals surface area contributed by atoms with Gasteiger partial charge in [0.15, 0.2) is 0 Å². The van der Waals surface area contributed by atoms with E-state index < -0.39 is 27.7 Å². The van der Waals surface area contributed by atoms with Crippen molar-refractivity contribution in [1.29, 1.82) is 0 Å². The number of ether oxygens (including phenoxy) is 1. The lowest BCUT2D eigenvalue weighted by molar-refractivity contribution is -0.137. The van der Waals surface area contributed by atoms with E-state index in [1.165, 1.54) is 31.1 Å². The third-order valence-electron chi connectivity index (χ3n) is 5.95. The molecule has 0 saturated carbocycles. The second-order valence-corrected chi connectivity index (χ2v) is 10.6. The van der Waals surface area contributed by atoms with Gasteiger partial charge in [0.2, 0.25) is 15.9 Å². The van der Waals surface area contributed by atoms with E-state index in [-0.39, 0.29) is 38.5 Å². The van der Waals surface area contributed by atoms with Crippen LogP contribution in [-0.2, 0) is 38.7 Å². The quantitative estimate of drug-likeness (QED) is 0.387. The fraction of sp³-hybridized carbons (Fsp3) is 0.400. The molecule has 2 aromatic carbocycles. The van der Waals surface area contributed by atoms with Crippen molar-refractivity contribution in [2.75, 3.05) is 39.1 Å². The topological polar surface area (TPSA) is 82.7 Å². The van der Waals surface area contributed by atoms with Gasteiger partial charge in [-0.05, 0) is 42.7 Å². The van der Waals surface area contributed by atoms with Crippen molar-refractivity contribution in [2.24, 2.45) is 0 Å². The summed E-state index contributed by atoms with van der Waals surface area (Å²) in [5.41, 5.74) is 1.67. The minimum atomic E-state index is -4.46. The maximum atomic E-state index is 13.3. The molecule has 0 unspecified atom stereocenters. The van der Waals surface area contributed by atoms with Crippen molar-refractivity contribution in [3.8, 4) is 0 Å². The van der Waals surface area contributed by atoms with Crippen LogP contribution < -0.4 is 0 Å². The number of alkyl halides is 3. The highest BCUT2D eigenvalue weighted by atomic mass is 32.2. The van der Waals surface area contributed by atoms with E-state index in [9.17, 15) is 26.4 Å². The van der Waals surface area contributed by atoms with Crippen LogP contribution in [0.25, 0.3) is 10.9 Å². The highest BCUT2D eigenvalue weighted by molar-refractivity contribution is 7.89. The number of carbonyl (C=O) groups excluding carboxylic acids is 1. The predicted octanol–water partition coefficient (Wildman–Crippen LogP) is 4.06. The third-order valence-corrected chi connectivity index (χ3v) is 7.78. The molecule has 3 rings (SSSR count). The summed E-state index contributed by atoms with van der Waals surface area (Å²) in [7, 11) is -2.23. The molecule has 0 spiro atoms. The molecule has 0 radical (unpaired) electrons. The number of carbonyl (C=O) groups is 1. The maximum absolute atomic E-state index is 13.3. The number of amides is 1. The van der Waals surface area contributed by atoms with Crippen molar-refractivity contribution in [3.63, 3.8) is 0 Å². The van der Waals surface area contributed by atoms with Gasteiger partial charge in [-0.3, -0.25) is 4.79 Å². The number of methoxy groups -OCH3 is 1. The number of benzene rings is 2. The first-order valence-corrected chi connectivity index (χ1v) is 13.1. The Morgan fingerprint density at radius 2 is 1.75 bits per heavy atom. The molecule has 36 heavy (non-hydrogen) atoms. The van der Waals surface area contributed by atoms with E-state index in [0.29, 0.717) is 12.0 Å². The van der Waals surface area contributed by atoms with Gasteiger partial charge in [0, 0.05) is 43.8 Å². The summed E-state index contributed by atoms with van der Waals surface area (Å²) in [4.78, 5) is 18.0. The van der Waals surface area contributed by atoms with Crippen LogP contribution in [0.4, 0.5) is 13.2 Å². The van der Waals surface area contributed by atoms with E-state index in [1.54, 1.807) is 0 Å². The monoisotopic (exact) mass is 525 g/mol. The number of hydrogen-bond donors (Lipinski definition) is 1. The first-order valence-electron chi connectivity index (χ1n) is 11.5. The Labute approximate surface area is 208 Å². The zero-order valence-corrected chi connectivity index (χ0v) is 21.0. The number of aromatic amines is 1. The Morgan fingerprint density at radius 3 is 2.39 bits per heavy atom. The van der Waals surface area contributed by atoms with E-state index in [4.69, 9.17) is 4.74 Å². The largest absolute Gasteiger partial charge is 0.416 e. The number of hydrogen-bond acceptors (Lipinski definition) is 4. The van der Waals surface area contributed by atoms with E-state index in [1.807, 2.05) is 30.5 Å². The molecule has 0 saturated heterocycles. The van der Waals surface area contributed by atoms with Gasteiger partial charge < -0.3 is 14.6 Å². The Hall–Kier alpha value is -2.89. The number of halogens is 3. The van der Waals surface area contributed by atoms with Gasteiger partial charge in [-0.25, -0.2) is 8.42 Å². The normalized spacial score (nSPS) is 12.4. The third kappa shape index (κ3) is 7.08. The number of H-pyrrole nitrogens is 1. The maximum Gasteiger partial charge on any atom is 0.416 e. The van der Waals surface area contributed by atoms with Gasteiger partial charge in [-0.1, -0.05) is 30.3 Å². The number of rotatable bonds is 12. The second kappa shape index (κ2) is 11.9. The fourth-order valence-corrected chi connectivity index (χ4v) is 4.87. The number of nitrogens with one attached hydrogen (secondary N) is 1. The van der Waals surface area contributed by atoms with Gasteiger partial charge in [-0.15, -0.1) is 0 Å². The molecule has 0 atom stereocenters. The summed E-state index contributed by atoms with van der Waals surface area (Å²) >= 11 is 0. The lowest BCUT2D eigenvalue weighted by Crippen LogP contribution is -2.45. The molecule has 1 aromatic heterocycles. The molecular weight excluding hydrogens is 495 g/mol. The first-order chi connectivity index (χ1) is 17.0. The average Bonchev–Trinajstić information content (AvgIpc) is 3.27. The molecule has 0 aliphatic rings. The Bertz CT molecular complexity index is 1260. The molecule has 0 bridgehead atoms. The number of para-hydroxylation sites is 1. The van der Waals surface area contributed by atoms with Crippen LogP contribution >= 0.6 is 0 Å². The zero-order chi connectivity index (χ0) is 26.3. The summed E-state index contributed by atoms with van der Waals surface area (Å²) in [5, 5.41) is 1.01. The molecule has 7 nitrogen and oxygen atoms in total. The number of sulfonamides is 1. The van der Waals surface area contributed by atoms with E-state index in [0.717, 1.165) is 32.9 Å². The van der Waals surface area contributed by atoms with Crippen LogP contribution in [0.2, 0.25) is 0 Å². The summed E-state index contributed by atoms with van der Waals surface area (Å²) in [6.45, 7) is 1.57. The van der Waals surface area contributed by atoms with Crippen molar-refractivity contribution in [2.45, 2.75) is 26.1 Å².